The van der Waals surface area contributed by atoms with E-state index in [-0.39, 0.29) is 12.2 Å². The van der Waals surface area contributed by atoms with Crippen molar-refractivity contribution >= 4 is 0 Å². The van der Waals surface area contributed by atoms with Gasteiger partial charge in [0, 0.05) is 50.3 Å². The highest BCUT2D eigenvalue weighted by Gasteiger charge is 2.27. The zero-order valence-corrected chi connectivity index (χ0v) is 11.5. The van der Waals surface area contributed by atoms with Gasteiger partial charge in [0.1, 0.15) is 11.5 Å². The molecule has 0 bridgehead atoms. The van der Waals surface area contributed by atoms with Crippen LogP contribution < -0.4 is 10.1 Å². The number of phenols is 1. The zero-order chi connectivity index (χ0) is 14.5. The fourth-order valence-electron chi connectivity index (χ4n) is 2.61. The molecular weight excluding hydrogens is 266 g/mol. The van der Waals surface area contributed by atoms with Gasteiger partial charge in [-0.05, 0) is 6.07 Å². The van der Waals surface area contributed by atoms with Crippen molar-refractivity contribution in [2.45, 2.75) is 18.9 Å². The SMILES string of the molecule is COc1cc(O)ccc1[C@H](CC(F)F)N1CCNCC1. The number of rotatable bonds is 5. The Morgan fingerprint density at radius 2 is 2.05 bits per heavy atom. The molecule has 1 aliphatic rings. The normalized spacial score (nSPS) is 18.2. The van der Waals surface area contributed by atoms with Gasteiger partial charge in [-0.2, -0.15) is 0 Å². The van der Waals surface area contributed by atoms with Crippen LogP contribution in [0.4, 0.5) is 8.78 Å². The predicted molar refractivity (Wildman–Crippen MR) is 72.5 cm³/mol. The first-order valence-electron chi connectivity index (χ1n) is 6.71. The fourth-order valence-corrected chi connectivity index (χ4v) is 2.61. The molecule has 1 fully saturated rings. The summed E-state index contributed by atoms with van der Waals surface area (Å²) in [6, 6.07) is 4.25. The van der Waals surface area contributed by atoms with E-state index in [2.05, 4.69) is 5.32 Å². The molecule has 1 aliphatic heterocycles. The smallest absolute Gasteiger partial charge is 0.240 e. The van der Waals surface area contributed by atoms with Gasteiger partial charge < -0.3 is 15.2 Å². The maximum atomic E-state index is 12.9. The standard InChI is InChI=1S/C14H20F2N2O2/c1-20-13-8-10(19)2-3-11(13)12(9-14(15)16)18-6-4-17-5-7-18/h2-3,8,12,14,17,19H,4-7,9H2,1H3/t12-/m0/s1. The highest BCUT2D eigenvalue weighted by Crippen LogP contribution is 2.35. The Bertz CT molecular complexity index is 437. The first-order valence-corrected chi connectivity index (χ1v) is 6.71. The third-order valence-corrected chi connectivity index (χ3v) is 3.57. The van der Waals surface area contributed by atoms with E-state index in [1.165, 1.54) is 19.2 Å². The molecule has 0 radical (unpaired) electrons. The van der Waals surface area contributed by atoms with Gasteiger partial charge in [-0.3, -0.25) is 4.90 Å². The van der Waals surface area contributed by atoms with Crippen molar-refractivity contribution in [2.75, 3.05) is 33.3 Å². The Balaban J connectivity index is 2.29. The number of hydrogen-bond acceptors (Lipinski definition) is 4. The van der Waals surface area contributed by atoms with Crippen molar-refractivity contribution in [1.29, 1.82) is 0 Å². The molecule has 1 heterocycles. The van der Waals surface area contributed by atoms with Crippen LogP contribution in [0.5, 0.6) is 11.5 Å². The van der Waals surface area contributed by atoms with Gasteiger partial charge >= 0.3 is 0 Å². The Morgan fingerprint density at radius 1 is 1.35 bits per heavy atom. The number of phenolic OH excluding ortho intramolecular Hbond substituents is 1. The summed E-state index contributed by atoms with van der Waals surface area (Å²) in [6.45, 7) is 3.03. The summed E-state index contributed by atoms with van der Waals surface area (Å²) in [5.74, 6) is 0.524. The van der Waals surface area contributed by atoms with Crippen LogP contribution >= 0.6 is 0 Å². The van der Waals surface area contributed by atoms with Gasteiger partial charge in [0.2, 0.25) is 6.43 Å². The molecule has 6 heteroatoms. The number of nitrogens with zero attached hydrogens (tertiary/aromatic N) is 1. The molecule has 0 unspecified atom stereocenters. The van der Waals surface area contributed by atoms with E-state index < -0.39 is 12.5 Å². The second-order valence-electron chi connectivity index (χ2n) is 4.85. The molecule has 20 heavy (non-hydrogen) atoms. The molecule has 0 aliphatic carbocycles. The lowest BCUT2D eigenvalue weighted by atomic mass is 10.00. The summed E-state index contributed by atoms with van der Waals surface area (Å²) in [7, 11) is 1.48. The van der Waals surface area contributed by atoms with Crippen molar-refractivity contribution in [1.82, 2.24) is 10.2 Å². The van der Waals surface area contributed by atoms with E-state index in [1.807, 2.05) is 4.90 Å². The van der Waals surface area contributed by atoms with Crippen molar-refractivity contribution in [2.24, 2.45) is 0 Å². The molecule has 4 nitrogen and oxygen atoms in total. The lowest BCUT2D eigenvalue weighted by Gasteiger charge is -2.35. The molecule has 0 aromatic heterocycles. The molecule has 0 spiro atoms. The number of benzene rings is 1. The van der Waals surface area contributed by atoms with Crippen molar-refractivity contribution in [3.63, 3.8) is 0 Å². The average Bonchev–Trinajstić information content (AvgIpc) is 2.45. The molecule has 1 saturated heterocycles. The Kier molecular flexibility index (Phi) is 5.14. The lowest BCUT2D eigenvalue weighted by molar-refractivity contribution is 0.0729. The Hall–Kier alpha value is -1.40. The summed E-state index contributed by atoms with van der Waals surface area (Å²) in [4.78, 5) is 2.04. The van der Waals surface area contributed by atoms with Gasteiger partial charge in [-0.15, -0.1) is 0 Å². The number of alkyl halides is 2. The summed E-state index contributed by atoms with van der Waals surface area (Å²) >= 11 is 0. The van der Waals surface area contributed by atoms with E-state index in [9.17, 15) is 13.9 Å². The largest absolute Gasteiger partial charge is 0.508 e. The molecular formula is C14H20F2N2O2. The maximum Gasteiger partial charge on any atom is 0.240 e. The third-order valence-electron chi connectivity index (χ3n) is 3.57. The van der Waals surface area contributed by atoms with Crippen LogP contribution in [0.15, 0.2) is 18.2 Å². The van der Waals surface area contributed by atoms with Gasteiger partial charge in [0.05, 0.1) is 7.11 Å². The van der Waals surface area contributed by atoms with Crippen molar-refractivity contribution in [3.05, 3.63) is 23.8 Å². The van der Waals surface area contributed by atoms with Crippen molar-refractivity contribution < 1.29 is 18.6 Å². The zero-order valence-electron chi connectivity index (χ0n) is 11.5. The number of nitrogens with one attached hydrogen (secondary N) is 1. The average molecular weight is 286 g/mol. The van der Waals surface area contributed by atoms with E-state index in [1.54, 1.807) is 6.07 Å². The van der Waals surface area contributed by atoms with Crippen LogP contribution in [0, 0.1) is 0 Å². The van der Waals surface area contributed by atoms with Crippen LogP contribution in [0.25, 0.3) is 0 Å². The second kappa shape index (κ2) is 6.85. The van der Waals surface area contributed by atoms with Gasteiger partial charge in [0.25, 0.3) is 0 Å². The molecule has 1 atom stereocenters. The molecule has 112 valence electrons. The number of methoxy groups -OCH3 is 1. The van der Waals surface area contributed by atoms with E-state index in [0.717, 1.165) is 26.2 Å². The minimum atomic E-state index is -2.38. The van der Waals surface area contributed by atoms with Crippen LogP contribution in [0.1, 0.15) is 18.0 Å². The van der Waals surface area contributed by atoms with E-state index in [0.29, 0.717) is 11.3 Å². The van der Waals surface area contributed by atoms with Crippen LogP contribution in [-0.4, -0.2) is 49.7 Å². The predicted octanol–water partition coefficient (Wildman–Crippen LogP) is 2.00. The Morgan fingerprint density at radius 3 is 2.65 bits per heavy atom. The summed E-state index contributed by atoms with van der Waals surface area (Å²) in [6.07, 6.45) is -2.62. The number of halogens is 2. The highest BCUT2D eigenvalue weighted by molar-refractivity contribution is 5.42. The van der Waals surface area contributed by atoms with E-state index >= 15 is 0 Å². The number of aromatic hydroxyl groups is 1. The summed E-state index contributed by atoms with van der Waals surface area (Å²) < 4.78 is 31.0. The number of hydrogen-bond donors (Lipinski definition) is 2. The minimum absolute atomic E-state index is 0.0710. The van der Waals surface area contributed by atoms with Gasteiger partial charge in [0.15, 0.2) is 0 Å². The van der Waals surface area contributed by atoms with Crippen LogP contribution in [0.3, 0.4) is 0 Å². The quantitative estimate of drug-likeness (QED) is 0.869. The Labute approximate surface area is 117 Å². The minimum Gasteiger partial charge on any atom is -0.508 e. The van der Waals surface area contributed by atoms with Gasteiger partial charge in [-0.25, -0.2) is 8.78 Å². The molecule has 2 N–H and O–H groups in total. The monoisotopic (exact) mass is 286 g/mol. The fraction of sp³-hybridized carbons (Fsp3) is 0.571. The first-order chi connectivity index (χ1) is 9.61. The third kappa shape index (κ3) is 3.58. The highest BCUT2D eigenvalue weighted by atomic mass is 19.3. The maximum absolute atomic E-state index is 12.9. The first kappa shape index (κ1) is 15.0. The van der Waals surface area contributed by atoms with Crippen LogP contribution in [0.2, 0.25) is 0 Å². The summed E-state index contributed by atoms with van der Waals surface area (Å²) in [5.41, 5.74) is 0.701. The topological polar surface area (TPSA) is 44.7 Å². The molecule has 1 aromatic carbocycles. The van der Waals surface area contributed by atoms with Crippen LogP contribution in [-0.2, 0) is 0 Å². The van der Waals surface area contributed by atoms with E-state index in [4.69, 9.17) is 4.74 Å². The van der Waals surface area contributed by atoms with Crippen molar-refractivity contribution in [3.8, 4) is 11.5 Å². The number of piperazine rings is 1. The molecule has 0 saturated carbocycles. The molecule has 0 amide bonds. The number of ether oxygens (including phenoxy) is 1. The van der Waals surface area contributed by atoms with Gasteiger partial charge in [-0.1, -0.05) is 6.07 Å². The summed E-state index contributed by atoms with van der Waals surface area (Å²) in [5, 5.41) is 12.7. The molecule has 2 rings (SSSR count). The molecule has 1 aromatic rings. The lowest BCUT2D eigenvalue weighted by Crippen LogP contribution is -2.45. The second-order valence-corrected chi connectivity index (χ2v) is 4.85.